The monoisotopic (exact) mass is 494 g/mol. The first-order chi connectivity index (χ1) is 17.4. The minimum Gasteiger partial charge on any atom is -0.357 e. The maximum absolute atomic E-state index is 12.2. The molecule has 2 fully saturated rings. The van der Waals surface area contributed by atoms with Crippen molar-refractivity contribution in [3.05, 3.63) is 36.0 Å². The third kappa shape index (κ3) is 7.36. The first-order valence-corrected chi connectivity index (χ1v) is 11.7. The summed E-state index contributed by atoms with van der Waals surface area (Å²) in [5, 5.41) is 16.0. The Morgan fingerprint density at radius 1 is 1.17 bits per heavy atom. The number of halogens is 1. The number of terminal acetylenes is 1. The summed E-state index contributed by atoms with van der Waals surface area (Å²) < 4.78 is 12.2. The number of amides is 1. The Bertz CT molecular complexity index is 1160. The Morgan fingerprint density at radius 2 is 1.92 bits per heavy atom. The van der Waals surface area contributed by atoms with Crippen LogP contribution >= 0.6 is 0 Å². The topological polar surface area (TPSA) is 137 Å². The number of carbonyl (C=O) groups is 1. The van der Waals surface area contributed by atoms with Gasteiger partial charge >= 0.3 is 0 Å². The molecule has 36 heavy (non-hydrogen) atoms. The Hall–Kier alpha value is -4.27. The van der Waals surface area contributed by atoms with Gasteiger partial charge in [0.1, 0.15) is 0 Å². The molecule has 0 spiro atoms. The molecule has 3 aromatic rings. The van der Waals surface area contributed by atoms with Crippen LogP contribution in [-0.4, -0.2) is 55.7 Å². The molecule has 1 aliphatic carbocycles. The van der Waals surface area contributed by atoms with E-state index in [4.69, 9.17) is 0 Å². The first kappa shape index (κ1) is 26.3. The second-order valence-electron chi connectivity index (χ2n) is 8.38. The van der Waals surface area contributed by atoms with Crippen LogP contribution in [0.15, 0.2) is 24.4 Å². The second-order valence-corrected chi connectivity index (χ2v) is 8.38. The molecule has 12 heteroatoms. The van der Waals surface area contributed by atoms with Crippen molar-refractivity contribution in [3.8, 4) is 12.8 Å². The van der Waals surface area contributed by atoms with Gasteiger partial charge in [-0.3, -0.25) is 9.89 Å². The fourth-order valence-corrected chi connectivity index (χ4v) is 3.66. The summed E-state index contributed by atoms with van der Waals surface area (Å²) >= 11 is 0. The molecule has 3 aromatic heterocycles. The van der Waals surface area contributed by atoms with Gasteiger partial charge in [-0.25, -0.2) is 4.98 Å². The number of carbonyl (C=O) groups excluding carboxylic acids is 1. The Morgan fingerprint density at radius 3 is 2.50 bits per heavy atom. The van der Waals surface area contributed by atoms with Crippen LogP contribution in [-0.2, 0) is 4.79 Å². The number of anilines is 5. The van der Waals surface area contributed by atoms with Crippen molar-refractivity contribution in [2.75, 3.05) is 34.4 Å². The minimum absolute atomic E-state index is 0.196. The van der Waals surface area contributed by atoms with Crippen molar-refractivity contribution in [1.29, 1.82) is 0 Å². The number of aromatic nitrogens is 6. The number of rotatable bonds is 6. The van der Waals surface area contributed by atoms with Gasteiger partial charge in [-0.05, 0) is 44.7 Å². The highest BCUT2D eigenvalue weighted by atomic mass is 19.1. The van der Waals surface area contributed by atoms with Crippen LogP contribution < -0.4 is 20.9 Å². The summed E-state index contributed by atoms with van der Waals surface area (Å²) in [6.07, 6.45) is 14.1. The molecule has 0 radical (unpaired) electrons. The number of H-pyrrole nitrogens is 1. The summed E-state index contributed by atoms with van der Waals surface area (Å²) in [4.78, 5) is 29.5. The van der Waals surface area contributed by atoms with Crippen LogP contribution in [0.3, 0.4) is 0 Å². The fourth-order valence-electron chi connectivity index (χ4n) is 3.66. The molecule has 5 rings (SSSR count). The minimum atomic E-state index is -0.556. The van der Waals surface area contributed by atoms with Crippen LogP contribution in [0.5, 0.6) is 0 Å². The number of nitrogens with zero attached hydrogens (tertiary/aromatic N) is 6. The zero-order valence-corrected chi connectivity index (χ0v) is 20.6. The predicted octanol–water partition coefficient (Wildman–Crippen LogP) is 3.67. The molecule has 11 nitrogen and oxygen atoms in total. The summed E-state index contributed by atoms with van der Waals surface area (Å²) in [6.45, 7) is 4.57. The van der Waals surface area contributed by atoms with E-state index in [1.54, 1.807) is 0 Å². The van der Waals surface area contributed by atoms with E-state index in [1.165, 1.54) is 56.6 Å². The van der Waals surface area contributed by atoms with Gasteiger partial charge < -0.3 is 20.9 Å². The van der Waals surface area contributed by atoms with Crippen LogP contribution in [0.1, 0.15) is 51.1 Å². The highest BCUT2D eigenvalue weighted by molar-refractivity contribution is 5.88. The second kappa shape index (κ2) is 12.4. The van der Waals surface area contributed by atoms with Crippen LogP contribution in [0.2, 0.25) is 0 Å². The van der Waals surface area contributed by atoms with E-state index in [0.29, 0.717) is 29.5 Å². The normalized spacial score (nSPS) is 16.2. The average Bonchev–Trinajstić information content (AvgIpc) is 3.47. The molecule has 1 saturated carbocycles. The van der Waals surface area contributed by atoms with E-state index in [0.717, 1.165) is 18.3 Å². The Labute approximate surface area is 209 Å². The lowest BCUT2D eigenvalue weighted by atomic mass is 10.2. The lowest BCUT2D eigenvalue weighted by molar-refractivity contribution is -0.114. The summed E-state index contributed by atoms with van der Waals surface area (Å²) in [5.74, 6) is 2.44. The van der Waals surface area contributed by atoms with Crippen LogP contribution in [0.4, 0.5) is 33.7 Å². The van der Waals surface area contributed by atoms with E-state index >= 15 is 0 Å². The molecule has 4 heterocycles. The molecular weight excluding hydrogens is 463 g/mol. The fraction of sp³-hybridized carbons (Fsp3) is 0.417. The predicted molar refractivity (Wildman–Crippen MR) is 138 cm³/mol. The van der Waals surface area contributed by atoms with Crippen molar-refractivity contribution >= 4 is 35.3 Å². The third-order valence-electron chi connectivity index (χ3n) is 5.56. The lowest BCUT2D eigenvalue weighted by Gasteiger charge is -2.21. The highest BCUT2D eigenvalue weighted by Gasteiger charge is 2.26. The standard InChI is InChI=1S/C15H22N8.C7H7FN2O.C2H2/c1-9-4-3-7-23(9)15-19-13(16-2)18-14(20-15)17-12-8-11(21-22-12)10-5-6-10;1-5(11)10-6-2-3-7(8)9-4-6;1-2/h8-10H,3-7H2,1-2H3,(H3,16,17,18,19,20,21,22);2-4H,1H3,(H,10,11);1-2H/t9-;;/m0../s1. The number of nitrogens with one attached hydrogen (secondary N) is 4. The van der Waals surface area contributed by atoms with Crippen molar-refractivity contribution in [2.24, 2.45) is 0 Å². The number of hydrogen-bond acceptors (Lipinski definition) is 9. The summed E-state index contributed by atoms with van der Waals surface area (Å²) in [6, 6.07) is 5.13. The molecule has 190 valence electrons. The van der Waals surface area contributed by atoms with Crippen LogP contribution in [0.25, 0.3) is 0 Å². The van der Waals surface area contributed by atoms with Gasteiger partial charge in [-0.15, -0.1) is 12.8 Å². The van der Waals surface area contributed by atoms with Gasteiger partial charge in [0.25, 0.3) is 0 Å². The largest absolute Gasteiger partial charge is 0.357 e. The molecule has 4 N–H and O–H groups in total. The molecule has 1 saturated heterocycles. The molecule has 1 atom stereocenters. The van der Waals surface area contributed by atoms with Gasteiger partial charge in [-0.1, -0.05) is 0 Å². The summed E-state index contributed by atoms with van der Waals surface area (Å²) in [5.41, 5.74) is 1.68. The molecule has 0 bridgehead atoms. The van der Waals surface area contributed by atoms with Gasteiger partial charge in [0.2, 0.25) is 29.7 Å². The first-order valence-electron chi connectivity index (χ1n) is 11.7. The molecule has 2 aliphatic rings. The molecule has 0 unspecified atom stereocenters. The Balaban J connectivity index is 0.000000235. The maximum Gasteiger partial charge on any atom is 0.235 e. The quantitative estimate of drug-likeness (QED) is 0.299. The molecule has 1 aliphatic heterocycles. The lowest BCUT2D eigenvalue weighted by Crippen LogP contribution is -2.28. The maximum atomic E-state index is 12.2. The number of aromatic amines is 1. The van der Waals surface area contributed by atoms with Crippen molar-refractivity contribution in [1.82, 2.24) is 30.1 Å². The number of pyridine rings is 1. The highest BCUT2D eigenvalue weighted by Crippen LogP contribution is 2.39. The van der Waals surface area contributed by atoms with Gasteiger partial charge in [0.05, 0.1) is 11.9 Å². The molecule has 0 aromatic carbocycles. The van der Waals surface area contributed by atoms with Crippen molar-refractivity contribution in [2.45, 2.75) is 51.5 Å². The molecular formula is C24H31FN10O. The third-order valence-corrected chi connectivity index (χ3v) is 5.56. The van der Waals surface area contributed by atoms with Crippen molar-refractivity contribution < 1.29 is 9.18 Å². The SMILES string of the molecule is C#C.CC(=O)Nc1ccc(F)nc1.CNc1nc(Nc2cc(C3CC3)[nH]n2)nc(N2CCC[C@@H]2C)n1. The molecule has 1 amide bonds. The average molecular weight is 495 g/mol. The van der Waals surface area contributed by atoms with Gasteiger partial charge in [-0.2, -0.15) is 24.4 Å². The zero-order chi connectivity index (χ0) is 26.1. The van der Waals surface area contributed by atoms with E-state index in [9.17, 15) is 9.18 Å². The van der Waals surface area contributed by atoms with E-state index in [-0.39, 0.29) is 5.91 Å². The Kier molecular flexibility index (Phi) is 9.10. The van der Waals surface area contributed by atoms with Crippen LogP contribution in [0, 0.1) is 18.8 Å². The van der Waals surface area contributed by atoms with E-state index < -0.39 is 5.95 Å². The van der Waals surface area contributed by atoms with Gasteiger partial charge in [0, 0.05) is 44.2 Å². The van der Waals surface area contributed by atoms with Crippen molar-refractivity contribution in [3.63, 3.8) is 0 Å². The van der Waals surface area contributed by atoms with Gasteiger partial charge in [0.15, 0.2) is 5.82 Å². The zero-order valence-electron chi connectivity index (χ0n) is 20.6. The van der Waals surface area contributed by atoms with E-state index in [2.05, 4.69) is 70.8 Å². The summed E-state index contributed by atoms with van der Waals surface area (Å²) in [7, 11) is 1.82. The number of hydrogen-bond donors (Lipinski definition) is 4. The van der Waals surface area contributed by atoms with E-state index in [1.807, 2.05) is 13.1 Å². The smallest absolute Gasteiger partial charge is 0.235 e.